The zero-order valence-corrected chi connectivity index (χ0v) is 11.8. The van der Waals surface area contributed by atoms with Crippen molar-refractivity contribution in [1.82, 2.24) is 5.32 Å². The van der Waals surface area contributed by atoms with Gasteiger partial charge in [0.05, 0.1) is 0 Å². The first-order chi connectivity index (χ1) is 8.67. The van der Waals surface area contributed by atoms with E-state index in [0.717, 1.165) is 31.4 Å². The van der Waals surface area contributed by atoms with Gasteiger partial charge in [-0.1, -0.05) is 24.6 Å². The highest BCUT2D eigenvalue weighted by atomic mass is 35.5. The fraction of sp³-hybridized carbons (Fsp3) is 0.571. The number of halogens is 2. The molecule has 2 nitrogen and oxygen atoms in total. The Balaban J connectivity index is 2.62. The molecule has 0 saturated carbocycles. The van der Waals surface area contributed by atoms with Crippen LogP contribution in [-0.2, 0) is 11.2 Å². The summed E-state index contributed by atoms with van der Waals surface area (Å²) in [6.45, 7) is 3.80. The van der Waals surface area contributed by atoms with Gasteiger partial charge in [0, 0.05) is 24.8 Å². The van der Waals surface area contributed by atoms with Crippen molar-refractivity contribution in [1.29, 1.82) is 0 Å². The second-order valence-electron chi connectivity index (χ2n) is 4.37. The van der Waals surface area contributed by atoms with Gasteiger partial charge in [-0.05, 0) is 43.5 Å². The van der Waals surface area contributed by atoms with Gasteiger partial charge in [-0.3, -0.25) is 0 Å². The van der Waals surface area contributed by atoms with E-state index in [1.165, 1.54) is 12.1 Å². The van der Waals surface area contributed by atoms with E-state index in [2.05, 4.69) is 12.2 Å². The van der Waals surface area contributed by atoms with E-state index in [1.54, 1.807) is 13.2 Å². The number of nitrogens with one attached hydrogen (secondary N) is 1. The Morgan fingerprint density at radius 1 is 1.44 bits per heavy atom. The maximum Gasteiger partial charge on any atom is 0.124 e. The van der Waals surface area contributed by atoms with Crippen LogP contribution in [0.2, 0.25) is 5.02 Å². The third kappa shape index (κ3) is 5.34. The molecule has 0 bridgehead atoms. The molecule has 0 spiro atoms. The quantitative estimate of drug-likeness (QED) is 0.784. The van der Waals surface area contributed by atoms with Gasteiger partial charge in [-0.2, -0.15) is 0 Å². The number of methoxy groups -OCH3 is 1. The van der Waals surface area contributed by atoms with Crippen molar-refractivity contribution < 1.29 is 9.13 Å². The molecule has 0 aliphatic heterocycles. The minimum Gasteiger partial charge on any atom is -0.385 e. The van der Waals surface area contributed by atoms with Crippen LogP contribution in [0.1, 0.15) is 25.3 Å². The average Bonchev–Trinajstić information content (AvgIpc) is 2.35. The summed E-state index contributed by atoms with van der Waals surface area (Å²) >= 11 is 6.04. The molecule has 1 N–H and O–H groups in total. The minimum absolute atomic E-state index is 0.293. The van der Waals surface area contributed by atoms with E-state index >= 15 is 0 Å². The van der Waals surface area contributed by atoms with E-state index in [-0.39, 0.29) is 5.82 Å². The normalized spacial score (nSPS) is 12.7. The molecule has 0 heterocycles. The molecule has 1 atom stereocenters. The van der Waals surface area contributed by atoms with E-state index in [4.69, 9.17) is 16.3 Å². The summed E-state index contributed by atoms with van der Waals surface area (Å²) in [5.74, 6) is -0.293. The monoisotopic (exact) mass is 273 g/mol. The fourth-order valence-corrected chi connectivity index (χ4v) is 2.08. The summed E-state index contributed by atoms with van der Waals surface area (Å²) in [5.41, 5.74) is 0.975. The molecule has 0 fully saturated rings. The van der Waals surface area contributed by atoms with Crippen LogP contribution in [0.25, 0.3) is 0 Å². The Hall–Kier alpha value is -0.640. The van der Waals surface area contributed by atoms with E-state index in [1.807, 2.05) is 0 Å². The zero-order valence-electron chi connectivity index (χ0n) is 11.0. The maximum atomic E-state index is 13.0. The van der Waals surface area contributed by atoms with Crippen LogP contribution < -0.4 is 5.32 Å². The van der Waals surface area contributed by atoms with Crippen molar-refractivity contribution in [3.63, 3.8) is 0 Å². The van der Waals surface area contributed by atoms with Gasteiger partial charge < -0.3 is 10.1 Å². The summed E-state index contributed by atoms with van der Waals surface area (Å²) in [4.78, 5) is 0. The Bertz CT molecular complexity index is 352. The molecule has 0 aliphatic rings. The van der Waals surface area contributed by atoms with Crippen LogP contribution in [0, 0.1) is 5.82 Å². The van der Waals surface area contributed by atoms with E-state index in [9.17, 15) is 4.39 Å². The zero-order chi connectivity index (χ0) is 13.4. The molecule has 4 heteroatoms. The maximum absolute atomic E-state index is 13.0. The van der Waals surface area contributed by atoms with Gasteiger partial charge in [-0.15, -0.1) is 0 Å². The van der Waals surface area contributed by atoms with Crippen LogP contribution in [0.5, 0.6) is 0 Å². The molecular weight excluding hydrogens is 253 g/mol. The predicted molar refractivity (Wildman–Crippen MR) is 73.7 cm³/mol. The summed E-state index contributed by atoms with van der Waals surface area (Å²) in [6, 6.07) is 4.89. The first kappa shape index (κ1) is 15.4. The summed E-state index contributed by atoms with van der Waals surface area (Å²) < 4.78 is 18.1. The summed E-state index contributed by atoms with van der Waals surface area (Å²) in [6.07, 6.45) is 2.80. The minimum atomic E-state index is -0.293. The van der Waals surface area contributed by atoms with Crippen LogP contribution in [0.4, 0.5) is 4.39 Å². The van der Waals surface area contributed by atoms with Crippen molar-refractivity contribution in [3.05, 3.63) is 34.6 Å². The van der Waals surface area contributed by atoms with Crippen LogP contribution in [0.15, 0.2) is 18.2 Å². The molecule has 0 aromatic heterocycles. The van der Waals surface area contributed by atoms with Gasteiger partial charge in [-0.25, -0.2) is 4.39 Å². The Morgan fingerprint density at radius 3 is 2.83 bits per heavy atom. The van der Waals surface area contributed by atoms with Crippen molar-refractivity contribution in [3.8, 4) is 0 Å². The van der Waals surface area contributed by atoms with E-state index in [0.29, 0.717) is 17.7 Å². The molecule has 1 rings (SSSR count). The smallest absolute Gasteiger partial charge is 0.124 e. The molecule has 1 aromatic carbocycles. The standard InChI is InChI=1S/C14H21ClFNO/c1-3-7-17-13(6-8-18-2)9-11-4-5-12(16)10-14(11)15/h4-5,10,13,17H,3,6-9H2,1-2H3. The lowest BCUT2D eigenvalue weighted by Crippen LogP contribution is -2.33. The predicted octanol–water partition coefficient (Wildman–Crippen LogP) is 3.43. The molecule has 0 aliphatic carbocycles. The highest BCUT2D eigenvalue weighted by molar-refractivity contribution is 6.31. The molecule has 0 saturated heterocycles. The topological polar surface area (TPSA) is 21.3 Å². The molecular formula is C14H21ClFNO. The Morgan fingerprint density at radius 2 is 2.22 bits per heavy atom. The van der Waals surface area contributed by atoms with Crippen LogP contribution in [-0.4, -0.2) is 26.3 Å². The number of benzene rings is 1. The molecule has 18 heavy (non-hydrogen) atoms. The lowest BCUT2D eigenvalue weighted by Gasteiger charge is -2.19. The van der Waals surface area contributed by atoms with Gasteiger partial charge in [0.15, 0.2) is 0 Å². The van der Waals surface area contributed by atoms with Crippen LogP contribution in [0.3, 0.4) is 0 Å². The number of hydrogen-bond donors (Lipinski definition) is 1. The van der Waals surface area contributed by atoms with Crippen molar-refractivity contribution in [2.45, 2.75) is 32.2 Å². The number of hydrogen-bond acceptors (Lipinski definition) is 2. The second kappa shape index (κ2) is 8.46. The number of rotatable bonds is 8. The SMILES string of the molecule is CCCNC(CCOC)Cc1ccc(F)cc1Cl. The van der Waals surface area contributed by atoms with Crippen LogP contribution >= 0.6 is 11.6 Å². The largest absolute Gasteiger partial charge is 0.385 e. The summed E-state index contributed by atoms with van der Waals surface area (Å²) in [5, 5.41) is 3.96. The molecule has 1 unspecified atom stereocenters. The fourth-order valence-electron chi connectivity index (χ4n) is 1.84. The van der Waals surface area contributed by atoms with E-state index < -0.39 is 0 Å². The molecule has 102 valence electrons. The molecule has 1 aromatic rings. The van der Waals surface area contributed by atoms with Gasteiger partial charge in [0.25, 0.3) is 0 Å². The third-order valence-corrected chi connectivity index (χ3v) is 3.19. The average molecular weight is 274 g/mol. The summed E-state index contributed by atoms with van der Waals surface area (Å²) in [7, 11) is 1.70. The first-order valence-electron chi connectivity index (χ1n) is 6.33. The lowest BCUT2D eigenvalue weighted by molar-refractivity contribution is 0.182. The second-order valence-corrected chi connectivity index (χ2v) is 4.78. The highest BCUT2D eigenvalue weighted by Gasteiger charge is 2.11. The molecule has 0 amide bonds. The van der Waals surface area contributed by atoms with Crippen molar-refractivity contribution in [2.24, 2.45) is 0 Å². The first-order valence-corrected chi connectivity index (χ1v) is 6.71. The van der Waals surface area contributed by atoms with Crippen molar-refractivity contribution in [2.75, 3.05) is 20.3 Å². The van der Waals surface area contributed by atoms with Gasteiger partial charge in [0.1, 0.15) is 5.82 Å². The van der Waals surface area contributed by atoms with Gasteiger partial charge >= 0.3 is 0 Å². The molecule has 0 radical (unpaired) electrons. The third-order valence-electron chi connectivity index (χ3n) is 2.83. The number of ether oxygens (including phenoxy) is 1. The van der Waals surface area contributed by atoms with Gasteiger partial charge in [0.2, 0.25) is 0 Å². The Labute approximate surface area is 113 Å². The lowest BCUT2D eigenvalue weighted by atomic mass is 10.0. The Kier molecular flexibility index (Phi) is 7.25. The highest BCUT2D eigenvalue weighted by Crippen LogP contribution is 2.19. The van der Waals surface area contributed by atoms with Crippen molar-refractivity contribution >= 4 is 11.6 Å².